The van der Waals surface area contributed by atoms with E-state index < -0.39 is 184 Å². The van der Waals surface area contributed by atoms with Crippen LogP contribution in [0.2, 0.25) is 0 Å². The fourth-order valence-electron chi connectivity index (χ4n) is 11.1. The van der Waals surface area contributed by atoms with E-state index in [2.05, 4.69) is 15.5 Å². The van der Waals surface area contributed by atoms with Crippen LogP contribution >= 0.6 is 0 Å². The van der Waals surface area contributed by atoms with E-state index in [0.29, 0.717) is 6.54 Å². The Hall–Kier alpha value is -3.68. The minimum absolute atomic E-state index is 0.126. The van der Waals surface area contributed by atoms with Crippen molar-refractivity contribution in [2.24, 2.45) is 17.8 Å². The molecule has 24 nitrogen and oxygen atoms in total. The SMILES string of the molecule is CC1[C@H](C)OC(=O)C[C@H](O)C[C@H](O)CC[C@@H](O)[C@H](O)C[C@H](O)C[C@]2(O)C[C@H](O)C(C(=O)NCCN3CCCCC3)C(C[C@@H](OC3O[C@H](C)[C@@H](O)[C@H](NC[C@@]4(O)OC[C@@H](O)[C@@H](O)[C@@H]4O)[C@@H]3O)C=CC=CC=CC=CC=CC=CC=C[C@H](C)[C@H]1O)O2. The average molecular weight is 1200 g/mol. The van der Waals surface area contributed by atoms with Crippen LogP contribution in [0.25, 0.3) is 0 Å². The number of aliphatic hydroxyl groups excluding tert-OH is 12. The smallest absolute Gasteiger partial charge is 0.308 e. The number of fused-ring (bicyclic) bond motifs is 2. The van der Waals surface area contributed by atoms with Crippen molar-refractivity contribution < 1.29 is 105 Å². The third-order valence-corrected chi connectivity index (χ3v) is 16.4. The molecule has 4 saturated heterocycles. The lowest BCUT2D eigenvalue weighted by Crippen LogP contribution is -2.69. The Kier molecular flexibility index (Phi) is 29.4. The second-order valence-corrected chi connectivity index (χ2v) is 23.4. The van der Waals surface area contributed by atoms with Gasteiger partial charge in [0.1, 0.15) is 30.5 Å². The Morgan fingerprint density at radius 3 is 1.92 bits per heavy atom. The highest BCUT2D eigenvalue weighted by Gasteiger charge is 2.53. The lowest BCUT2D eigenvalue weighted by atomic mass is 9.82. The third-order valence-electron chi connectivity index (χ3n) is 16.4. The molecule has 0 saturated carbocycles. The molecule has 0 radical (unpaired) electrons. The van der Waals surface area contributed by atoms with E-state index in [-0.39, 0.29) is 38.1 Å². The van der Waals surface area contributed by atoms with Crippen LogP contribution in [0, 0.1) is 17.8 Å². The van der Waals surface area contributed by atoms with Crippen LogP contribution in [-0.2, 0) is 33.3 Å². The molecule has 5 aliphatic rings. The van der Waals surface area contributed by atoms with Gasteiger partial charge in [0.25, 0.3) is 0 Å². The first-order valence-electron chi connectivity index (χ1n) is 29.7. The number of likely N-dealkylation sites (tertiary alicyclic amines) is 1. The van der Waals surface area contributed by atoms with Crippen LogP contribution < -0.4 is 10.6 Å². The molecule has 0 aromatic heterocycles. The summed E-state index contributed by atoms with van der Waals surface area (Å²) in [7, 11) is 0. The number of aliphatic hydroxyl groups is 14. The number of ether oxygens (including phenoxy) is 5. The highest BCUT2D eigenvalue weighted by atomic mass is 16.7. The summed E-state index contributed by atoms with van der Waals surface area (Å²) in [5.41, 5.74) is 0. The molecule has 24 heteroatoms. The fraction of sp³-hybridized carbons (Fsp3) is 0.733. The first-order valence-corrected chi connectivity index (χ1v) is 29.7. The largest absolute Gasteiger partial charge is 0.462 e. The molecule has 5 rings (SSSR count). The van der Waals surface area contributed by atoms with Crippen molar-refractivity contribution in [2.75, 3.05) is 39.3 Å². The number of hydrogen-bond acceptors (Lipinski definition) is 23. The molecule has 4 fully saturated rings. The van der Waals surface area contributed by atoms with Crippen LogP contribution in [-0.4, -0.2) is 249 Å². The fourth-order valence-corrected chi connectivity index (χ4v) is 11.1. The van der Waals surface area contributed by atoms with Gasteiger partial charge in [-0.05, 0) is 59.0 Å². The molecule has 0 aliphatic carbocycles. The predicted molar refractivity (Wildman–Crippen MR) is 305 cm³/mol. The molecular weight excluding hydrogens is 1100 g/mol. The Morgan fingerprint density at radius 2 is 1.27 bits per heavy atom. The van der Waals surface area contributed by atoms with Crippen molar-refractivity contribution in [2.45, 2.75) is 220 Å². The molecule has 84 heavy (non-hydrogen) atoms. The summed E-state index contributed by atoms with van der Waals surface area (Å²) in [6.45, 7) is 7.98. The Labute approximate surface area is 492 Å². The second-order valence-electron chi connectivity index (χ2n) is 23.4. The van der Waals surface area contributed by atoms with E-state index in [1.807, 2.05) is 13.0 Å². The van der Waals surface area contributed by atoms with Crippen molar-refractivity contribution in [3.8, 4) is 0 Å². The minimum Gasteiger partial charge on any atom is -0.462 e. The van der Waals surface area contributed by atoms with Crippen LogP contribution in [0.3, 0.4) is 0 Å². The number of nitrogens with zero attached hydrogens (tertiary/aromatic N) is 1. The first-order chi connectivity index (χ1) is 39.8. The molecule has 16 N–H and O–H groups in total. The van der Waals surface area contributed by atoms with Crippen molar-refractivity contribution in [1.82, 2.24) is 15.5 Å². The number of nitrogens with one attached hydrogen (secondary N) is 2. The van der Waals surface area contributed by atoms with Gasteiger partial charge in [0, 0.05) is 50.6 Å². The second kappa shape index (κ2) is 34.8. The van der Waals surface area contributed by atoms with Crippen LogP contribution in [0.15, 0.2) is 85.1 Å². The van der Waals surface area contributed by atoms with Crippen LogP contribution in [0.5, 0.6) is 0 Å². The van der Waals surface area contributed by atoms with E-state index in [9.17, 15) is 81.1 Å². The number of hydrogen-bond donors (Lipinski definition) is 16. The molecule has 4 unspecified atom stereocenters. The maximum Gasteiger partial charge on any atom is 0.308 e. The Morgan fingerprint density at radius 1 is 0.655 bits per heavy atom. The normalized spacial score (nSPS) is 42.1. The summed E-state index contributed by atoms with van der Waals surface area (Å²) in [5.74, 6) is -8.30. The van der Waals surface area contributed by atoms with E-state index >= 15 is 0 Å². The summed E-state index contributed by atoms with van der Waals surface area (Å²) in [6.07, 6.45) is 0.371. The van der Waals surface area contributed by atoms with Gasteiger partial charge in [0.15, 0.2) is 12.1 Å². The summed E-state index contributed by atoms with van der Waals surface area (Å²) in [6, 6.07) is -1.34. The number of esters is 1. The molecule has 0 aromatic carbocycles. The summed E-state index contributed by atoms with van der Waals surface area (Å²) < 4.78 is 29.5. The third kappa shape index (κ3) is 22.2. The zero-order valence-electron chi connectivity index (χ0n) is 48.8. The zero-order chi connectivity index (χ0) is 61.7. The molecule has 478 valence electrons. The molecule has 5 heterocycles. The van der Waals surface area contributed by atoms with Gasteiger partial charge in [-0.1, -0.05) is 105 Å². The number of carbonyl (C=O) groups excluding carboxylic acids is 2. The van der Waals surface area contributed by atoms with Crippen LogP contribution in [0.4, 0.5) is 0 Å². The lowest BCUT2D eigenvalue weighted by molar-refractivity contribution is -0.323. The number of rotatable bonds is 9. The van der Waals surface area contributed by atoms with Crippen molar-refractivity contribution in [3.63, 3.8) is 0 Å². The van der Waals surface area contributed by atoms with Gasteiger partial charge in [-0.2, -0.15) is 0 Å². The number of allylic oxidation sites excluding steroid dienone is 12. The number of piperidine rings is 1. The molecule has 0 aromatic rings. The highest BCUT2D eigenvalue weighted by molar-refractivity contribution is 5.80. The highest BCUT2D eigenvalue weighted by Crippen LogP contribution is 2.39. The lowest BCUT2D eigenvalue weighted by Gasteiger charge is -2.47. The van der Waals surface area contributed by atoms with Gasteiger partial charge < -0.3 is 111 Å². The standard InChI is InChI=1S/C60H97N3O21/c1-36-20-16-13-11-9-7-5-6-8-10-12-14-17-21-43(83-58-55(75)51(53(73)39(4)82-58)62-35-60(79)56(76)54(74)47(70)34-80-60)31-48-50(57(77)61-24-27-63-25-18-15-19-26-63)46(69)33-59(78,84-48)32-42(66)29-45(68)44(67)23-22-40(64)28-41(65)30-49(71)81-38(3)37(2)52(36)72/h5-14,16-17,20-21,36-48,50-56,58,62,64-70,72-76,78-79H,15,18-19,22-35H2,1-4H3,(H,61,77)/t36-,37?,38-,39+,40+,41+,42-,43-,44+,45+,46-,47+,48?,50?,51-,52+,53+,54+,55-,56-,58?,59+,60+/m0/s1. The average Bonchev–Trinajstić information content (AvgIpc) is 1.75. The maximum atomic E-state index is 14.2. The van der Waals surface area contributed by atoms with Gasteiger partial charge in [0.05, 0.1) is 98.7 Å². The van der Waals surface area contributed by atoms with Crippen molar-refractivity contribution in [1.29, 1.82) is 0 Å². The summed E-state index contributed by atoms with van der Waals surface area (Å²) >= 11 is 0. The summed E-state index contributed by atoms with van der Waals surface area (Å²) in [5, 5.41) is 160. The molecule has 1 amide bonds. The predicted octanol–water partition coefficient (Wildman–Crippen LogP) is -1.34. The number of carbonyl (C=O) groups is 2. The van der Waals surface area contributed by atoms with Gasteiger partial charge in [-0.25, -0.2) is 0 Å². The Balaban J connectivity index is 1.42. The minimum atomic E-state index is -2.46. The van der Waals surface area contributed by atoms with E-state index in [4.69, 9.17) is 23.7 Å². The molecule has 0 spiro atoms. The molecule has 5 aliphatic heterocycles. The molecule has 2 bridgehead atoms. The monoisotopic (exact) mass is 1200 g/mol. The number of cyclic esters (lactones) is 1. The molecular formula is C60H97N3O21. The van der Waals surface area contributed by atoms with E-state index in [1.54, 1.807) is 92.8 Å². The van der Waals surface area contributed by atoms with Crippen molar-refractivity contribution in [3.05, 3.63) is 85.1 Å². The van der Waals surface area contributed by atoms with Gasteiger partial charge >= 0.3 is 5.97 Å². The molecule has 23 atom stereocenters. The van der Waals surface area contributed by atoms with Gasteiger partial charge in [-0.3, -0.25) is 9.59 Å². The quantitative estimate of drug-likeness (QED) is 0.119. The van der Waals surface area contributed by atoms with E-state index in [0.717, 1.165) is 32.4 Å². The Bertz CT molecular complexity index is 2190. The van der Waals surface area contributed by atoms with E-state index in [1.165, 1.54) is 6.92 Å². The number of amides is 1. The first kappa shape index (κ1) is 71.1. The van der Waals surface area contributed by atoms with Gasteiger partial charge in [0.2, 0.25) is 11.7 Å². The topological polar surface area (TPSA) is 391 Å². The van der Waals surface area contributed by atoms with Crippen molar-refractivity contribution >= 4 is 11.9 Å². The summed E-state index contributed by atoms with van der Waals surface area (Å²) in [4.78, 5) is 29.2. The maximum absolute atomic E-state index is 14.2. The van der Waals surface area contributed by atoms with Crippen LogP contribution in [0.1, 0.15) is 98.3 Å². The van der Waals surface area contributed by atoms with Gasteiger partial charge in [-0.15, -0.1) is 0 Å². The zero-order valence-corrected chi connectivity index (χ0v) is 48.8.